The Kier molecular flexibility index (Phi) is 12.8. The van der Waals surface area contributed by atoms with E-state index in [2.05, 4.69) is 0 Å². The first-order valence-electron chi connectivity index (χ1n) is 10.6. The Morgan fingerprint density at radius 3 is 2.04 bits per heavy atom. The summed E-state index contributed by atoms with van der Waals surface area (Å²) >= 11 is 0. The van der Waals surface area contributed by atoms with Gasteiger partial charge in [-0.1, -0.05) is 44.9 Å². The lowest BCUT2D eigenvalue weighted by molar-refractivity contribution is -0.151. The van der Waals surface area contributed by atoms with E-state index in [1.807, 2.05) is 4.90 Å². The van der Waals surface area contributed by atoms with E-state index in [0.29, 0.717) is 32.7 Å². The van der Waals surface area contributed by atoms with Crippen LogP contribution in [0.3, 0.4) is 0 Å². The van der Waals surface area contributed by atoms with Crippen molar-refractivity contribution in [1.82, 2.24) is 4.90 Å². The van der Waals surface area contributed by atoms with Crippen LogP contribution < -0.4 is 0 Å². The van der Waals surface area contributed by atoms with E-state index >= 15 is 0 Å². The fourth-order valence-electron chi connectivity index (χ4n) is 3.39. The molecule has 1 atom stereocenters. The molecule has 1 aliphatic rings. The third kappa shape index (κ3) is 10.5. The van der Waals surface area contributed by atoms with Crippen LogP contribution in [0, 0.1) is 5.92 Å². The summed E-state index contributed by atoms with van der Waals surface area (Å²) < 4.78 is 10.2. The molecule has 0 aromatic heterocycles. The maximum absolute atomic E-state index is 12.0. The predicted molar refractivity (Wildman–Crippen MR) is 104 cm³/mol. The van der Waals surface area contributed by atoms with Gasteiger partial charge in [-0.2, -0.15) is 0 Å². The quantitative estimate of drug-likeness (QED) is 0.261. The summed E-state index contributed by atoms with van der Waals surface area (Å²) in [6.07, 6.45) is 9.88. The zero-order chi connectivity index (χ0) is 19.9. The molecule has 1 saturated heterocycles. The molecule has 0 bridgehead atoms. The molecule has 1 fully saturated rings. The molecule has 1 rings (SSSR count). The Morgan fingerprint density at radius 1 is 0.926 bits per heavy atom. The van der Waals surface area contributed by atoms with Crippen LogP contribution in [0.15, 0.2) is 0 Å². The van der Waals surface area contributed by atoms with Crippen molar-refractivity contribution in [3.05, 3.63) is 0 Å². The van der Waals surface area contributed by atoms with Gasteiger partial charge in [0.2, 0.25) is 5.91 Å². The molecular weight excluding hydrogens is 346 g/mol. The van der Waals surface area contributed by atoms with Crippen LogP contribution in [0.25, 0.3) is 0 Å². The summed E-state index contributed by atoms with van der Waals surface area (Å²) in [5, 5.41) is 0. The summed E-state index contributed by atoms with van der Waals surface area (Å²) in [6.45, 7) is 6.34. The fraction of sp³-hybridized carbons (Fsp3) is 0.857. The Bertz CT molecular complexity index is 446. The van der Waals surface area contributed by atoms with Crippen LogP contribution in [0.2, 0.25) is 0 Å². The minimum absolute atomic E-state index is 0.0972. The fourth-order valence-corrected chi connectivity index (χ4v) is 3.39. The van der Waals surface area contributed by atoms with Gasteiger partial charge in [-0.15, -0.1) is 0 Å². The van der Waals surface area contributed by atoms with E-state index in [4.69, 9.17) is 9.47 Å². The largest absolute Gasteiger partial charge is 0.465 e. The number of nitrogens with zero attached hydrogens (tertiary/aromatic N) is 1. The van der Waals surface area contributed by atoms with Crippen molar-refractivity contribution in [1.29, 1.82) is 0 Å². The van der Waals surface area contributed by atoms with Crippen molar-refractivity contribution >= 4 is 17.7 Å². The summed E-state index contributed by atoms with van der Waals surface area (Å²) in [4.78, 5) is 37.2. The van der Waals surface area contributed by atoms with E-state index in [1.165, 1.54) is 19.8 Å². The molecule has 0 radical (unpaired) electrons. The molecule has 6 nitrogen and oxygen atoms in total. The van der Waals surface area contributed by atoms with Gasteiger partial charge in [0.15, 0.2) is 0 Å². The first-order chi connectivity index (χ1) is 13.1. The molecule has 6 heteroatoms. The molecule has 0 spiro atoms. The standard InChI is InChI=1S/C21H37NO5/c1-3-27-21(25)19(18(2)23)12-10-8-6-4-5-7-9-11-13-20(24)22-14-16-26-17-15-22/h19H,3-17H2,1-2H3. The van der Waals surface area contributed by atoms with Gasteiger partial charge >= 0.3 is 5.97 Å². The summed E-state index contributed by atoms with van der Waals surface area (Å²) in [5.41, 5.74) is 0. The number of carbonyl (C=O) groups excluding carboxylic acids is 3. The number of carbonyl (C=O) groups is 3. The van der Waals surface area contributed by atoms with E-state index in [1.54, 1.807) is 6.92 Å². The number of ether oxygens (including phenoxy) is 2. The van der Waals surface area contributed by atoms with E-state index in [-0.39, 0.29) is 17.7 Å². The third-order valence-corrected chi connectivity index (χ3v) is 5.06. The summed E-state index contributed by atoms with van der Waals surface area (Å²) in [7, 11) is 0. The van der Waals surface area contributed by atoms with Crippen molar-refractivity contribution in [3.63, 3.8) is 0 Å². The highest BCUT2D eigenvalue weighted by atomic mass is 16.5. The number of ketones is 1. The van der Waals surface area contributed by atoms with Gasteiger partial charge in [0.25, 0.3) is 0 Å². The van der Waals surface area contributed by atoms with Gasteiger partial charge in [0, 0.05) is 19.5 Å². The average Bonchev–Trinajstić information content (AvgIpc) is 2.66. The highest BCUT2D eigenvalue weighted by Crippen LogP contribution is 2.16. The molecule has 0 aliphatic carbocycles. The van der Waals surface area contributed by atoms with Crippen LogP contribution in [0.1, 0.15) is 78.1 Å². The number of esters is 1. The van der Waals surface area contributed by atoms with Gasteiger partial charge in [-0.25, -0.2) is 0 Å². The van der Waals surface area contributed by atoms with Crippen molar-refractivity contribution in [2.24, 2.45) is 5.92 Å². The minimum Gasteiger partial charge on any atom is -0.465 e. The molecule has 1 aliphatic heterocycles. The second-order valence-corrected chi connectivity index (χ2v) is 7.28. The van der Waals surface area contributed by atoms with Gasteiger partial charge < -0.3 is 14.4 Å². The molecule has 0 N–H and O–H groups in total. The van der Waals surface area contributed by atoms with E-state index < -0.39 is 5.92 Å². The Hall–Kier alpha value is -1.43. The zero-order valence-electron chi connectivity index (χ0n) is 17.2. The normalized spacial score (nSPS) is 15.4. The molecule has 156 valence electrons. The van der Waals surface area contributed by atoms with Crippen molar-refractivity contribution < 1.29 is 23.9 Å². The lowest BCUT2D eigenvalue weighted by atomic mass is 9.97. The average molecular weight is 384 g/mol. The molecule has 27 heavy (non-hydrogen) atoms. The van der Waals surface area contributed by atoms with Crippen LogP contribution in [-0.4, -0.2) is 55.5 Å². The lowest BCUT2D eigenvalue weighted by Crippen LogP contribution is -2.40. The number of morpholine rings is 1. The SMILES string of the molecule is CCOC(=O)C(CCCCCCCCCCC(=O)N1CCOCC1)C(C)=O. The third-order valence-electron chi connectivity index (χ3n) is 5.06. The Labute approximate surface area is 164 Å². The van der Waals surface area contributed by atoms with Crippen LogP contribution in [-0.2, 0) is 23.9 Å². The molecule has 0 aromatic rings. The topological polar surface area (TPSA) is 72.9 Å². The molecule has 1 heterocycles. The van der Waals surface area contributed by atoms with Gasteiger partial charge in [0.1, 0.15) is 11.7 Å². The number of rotatable bonds is 14. The predicted octanol–water partition coefficient (Wildman–Crippen LogP) is 3.51. The molecule has 1 unspecified atom stereocenters. The maximum atomic E-state index is 12.0. The van der Waals surface area contributed by atoms with E-state index in [0.717, 1.165) is 51.6 Å². The summed E-state index contributed by atoms with van der Waals surface area (Å²) in [6, 6.07) is 0. The second-order valence-electron chi connectivity index (χ2n) is 7.28. The molecular formula is C21H37NO5. The van der Waals surface area contributed by atoms with Crippen molar-refractivity contribution in [2.45, 2.75) is 78.1 Å². The van der Waals surface area contributed by atoms with Crippen molar-refractivity contribution in [3.8, 4) is 0 Å². The Balaban J connectivity index is 1.95. The smallest absolute Gasteiger partial charge is 0.316 e. The van der Waals surface area contributed by atoms with Gasteiger partial charge in [-0.3, -0.25) is 14.4 Å². The lowest BCUT2D eigenvalue weighted by Gasteiger charge is -2.26. The van der Waals surface area contributed by atoms with Gasteiger partial charge in [0.05, 0.1) is 19.8 Å². The number of hydrogen-bond acceptors (Lipinski definition) is 5. The number of Topliss-reactive ketones (excluding diaryl/α,β-unsaturated/α-hetero) is 1. The summed E-state index contributed by atoms with van der Waals surface area (Å²) in [5.74, 6) is -0.800. The number of unbranched alkanes of at least 4 members (excludes halogenated alkanes) is 7. The van der Waals surface area contributed by atoms with Gasteiger partial charge in [-0.05, 0) is 26.7 Å². The monoisotopic (exact) mass is 383 g/mol. The molecule has 0 aromatic carbocycles. The van der Waals surface area contributed by atoms with Crippen LogP contribution in [0.4, 0.5) is 0 Å². The van der Waals surface area contributed by atoms with Crippen LogP contribution >= 0.6 is 0 Å². The Morgan fingerprint density at radius 2 is 1.48 bits per heavy atom. The minimum atomic E-state index is -0.589. The molecule has 0 saturated carbocycles. The van der Waals surface area contributed by atoms with Crippen molar-refractivity contribution in [2.75, 3.05) is 32.9 Å². The molecule has 1 amide bonds. The highest BCUT2D eigenvalue weighted by Gasteiger charge is 2.23. The van der Waals surface area contributed by atoms with E-state index in [9.17, 15) is 14.4 Å². The number of hydrogen-bond donors (Lipinski definition) is 0. The first kappa shape index (κ1) is 23.6. The highest BCUT2D eigenvalue weighted by molar-refractivity contribution is 5.97. The zero-order valence-corrected chi connectivity index (χ0v) is 17.2. The number of amides is 1. The second kappa shape index (κ2) is 14.6. The first-order valence-corrected chi connectivity index (χ1v) is 10.6. The van der Waals surface area contributed by atoms with Crippen LogP contribution in [0.5, 0.6) is 0 Å². The maximum Gasteiger partial charge on any atom is 0.316 e.